The number of aliphatic hydroxyl groups excluding tert-OH is 1. The lowest BCUT2D eigenvalue weighted by Gasteiger charge is -2.21. The van der Waals surface area contributed by atoms with Gasteiger partial charge in [0.05, 0.1) is 17.5 Å². The summed E-state index contributed by atoms with van der Waals surface area (Å²) in [6.45, 7) is 7.68. The maximum Gasteiger partial charge on any atom is 0.412 e. The van der Waals surface area contributed by atoms with Crippen LogP contribution in [0.1, 0.15) is 43.1 Å². The molecule has 1 aromatic heterocycles. The van der Waals surface area contributed by atoms with E-state index in [2.05, 4.69) is 15.5 Å². The molecule has 3 N–H and O–H groups in total. The van der Waals surface area contributed by atoms with Crippen LogP contribution in [0.25, 0.3) is 10.4 Å². The van der Waals surface area contributed by atoms with E-state index in [1.807, 2.05) is 41.8 Å². The number of carbonyl (C=O) groups excluding carboxylic acids is 2. The molecule has 0 aliphatic carbocycles. The van der Waals surface area contributed by atoms with Crippen molar-refractivity contribution in [1.29, 1.82) is 0 Å². The second-order valence-corrected chi connectivity index (χ2v) is 10.6. The van der Waals surface area contributed by atoms with Crippen molar-refractivity contribution in [1.82, 2.24) is 4.90 Å². The minimum atomic E-state index is -0.640. The molecule has 1 saturated heterocycles. The van der Waals surface area contributed by atoms with Gasteiger partial charge in [-0.25, -0.2) is 4.79 Å². The van der Waals surface area contributed by atoms with Crippen LogP contribution >= 0.6 is 11.3 Å². The normalized spacial score (nSPS) is 16.2. The maximum atomic E-state index is 13.1. The summed E-state index contributed by atoms with van der Waals surface area (Å²) < 4.78 is 5.38. The van der Waals surface area contributed by atoms with Gasteiger partial charge in [-0.2, -0.15) is 0 Å². The van der Waals surface area contributed by atoms with Gasteiger partial charge in [0.15, 0.2) is 0 Å². The Morgan fingerprint density at radius 2 is 1.86 bits per heavy atom. The Hall–Kier alpha value is -3.20. The third-order valence-electron chi connectivity index (χ3n) is 5.58. The predicted octanol–water partition coefficient (Wildman–Crippen LogP) is 5.58. The molecule has 0 radical (unpaired) electrons. The third kappa shape index (κ3) is 6.91. The zero-order valence-electron chi connectivity index (χ0n) is 20.2. The summed E-state index contributed by atoms with van der Waals surface area (Å²) >= 11 is 1.60. The molecule has 2 amide bonds. The van der Waals surface area contributed by atoms with E-state index in [1.54, 1.807) is 50.3 Å². The van der Waals surface area contributed by atoms with E-state index in [0.717, 1.165) is 35.5 Å². The summed E-state index contributed by atoms with van der Waals surface area (Å²) in [4.78, 5) is 28.7. The Balaban J connectivity index is 1.51. The molecule has 8 heteroatoms. The quantitative estimate of drug-likeness (QED) is 0.417. The average molecular weight is 494 g/mol. The summed E-state index contributed by atoms with van der Waals surface area (Å²) in [6, 6.07) is 16.9. The molecule has 2 aromatic carbocycles. The van der Waals surface area contributed by atoms with Gasteiger partial charge in [-0.1, -0.05) is 24.3 Å². The van der Waals surface area contributed by atoms with Crippen LogP contribution in [0.15, 0.2) is 60.0 Å². The van der Waals surface area contributed by atoms with Gasteiger partial charge in [0.25, 0.3) is 5.91 Å². The van der Waals surface area contributed by atoms with E-state index in [0.29, 0.717) is 23.5 Å². The molecule has 0 saturated carbocycles. The number of amides is 2. The number of thiophene rings is 1. The highest BCUT2D eigenvalue weighted by atomic mass is 32.1. The molecule has 1 aliphatic heterocycles. The Labute approximate surface area is 209 Å². The first kappa shape index (κ1) is 24.9. The highest BCUT2D eigenvalue weighted by molar-refractivity contribution is 7.13. The van der Waals surface area contributed by atoms with Crippen LogP contribution in [0.5, 0.6) is 0 Å². The second kappa shape index (κ2) is 10.6. The summed E-state index contributed by atoms with van der Waals surface area (Å²) in [7, 11) is 0. The van der Waals surface area contributed by atoms with Crippen molar-refractivity contribution in [2.24, 2.45) is 0 Å². The lowest BCUT2D eigenvalue weighted by Crippen LogP contribution is -2.27. The Bertz CT molecular complexity index is 1170. The van der Waals surface area contributed by atoms with Crippen LogP contribution in [0.2, 0.25) is 0 Å². The van der Waals surface area contributed by atoms with Crippen molar-refractivity contribution < 1.29 is 19.4 Å². The number of rotatable bonds is 6. The molecule has 1 aliphatic rings. The molecule has 0 bridgehead atoms. The van der Waals surface area contributed by atoms with E-state index >= 15 is 0 Å². The number of nitrogens with one attached hydrogen (secondary N) is 2. The summed E-state index contributed by atoms with van der Waals surface area (Å²) in [6.07, 6.45) is -0.0493. The first-order valence-corrected chi connectivity index (χ1v) is 12.5. The standard InChI is InChI=1S/C27H31N3O4S/c1-27(2,3)34-26(33)29-22-11-10-20(24-5-4-14-35-24)15-23(22)28-25(32)19-8-6-18(7-9-19)16-30-13-12-21(31)17-30/h4-11,14-15,21,31H,12-13,16-17H2,1-3H3,(H,28,32)(H,29,33). The van der Waals surface area contributed by atoms with Crippen molar-refractivity contribution in [3.63, 3.8) is 0 Å². The number of hydrogen-bond donors (Lipinski definition) is 3. The van der Waals surface area contributed by atoms with E-state index in [9.17, 15) is 14.7 Å². The average Bonchev–Trinajstić information content (AvgIpc) is 3.46. The lowest BCUT2D eigenvalue weighted by molar-refractivity contribution is 0.0635. The van der Waals surface area contributed by atoms with E-state index < -0.39 is 11.7 Å². The SMILES string of the molecule is CC(C)(C)OC(=O)Nc1ccc(-c2cccs2)cc1NC(=O)c1ccc(CN2CCC(O)C2)cc1. The number of ether oxygens (including phenoxy) is 1. The first-order valence-electron chi connectivity index (χ1n) is 11.6. The summed E-state index contributed by atoms with van der Waals surface area (Å²) in [5, 5.41) is 17.4. The van der Waals surface area contributed by atoms with Gasteiger partial charge in [0, 0.05) is 30.1 Å². The molecule has 1 unspecified atom stereocenters. The number of β-amino-alcohol motifs (C(OH)–C–C–N with tert-alkyl or cyclic N) is 1. The fraction of sp³-hybridized carbons (Fsp3) is 0.333. The fourth-order valence-corrected chi connectivity index (χ4v) is 4.66. The molecular weight excluding hydrogens is 462 g/mol. The monoisotopic (exact) mass is 493 g/mol. The smallest absolute Gasteiger partial charge is 0.412 e. The van der Waals surface area contributed by atoms with Gasteiger partial charge in [0.2, 0.25) is 0 Å². The third-order valence-corrected chi connectivity index (χ3v) is 6.50. The van der Waals surface area contributed by atoms with Gasteiger partial charge >= 0.3 is 6.09 Å². The highest BCUT2D eigenvalue weighted by Crippen LogP contribution is 2.32. The van der Waals surface area contributed by atoms with Crippen LogP contribution in [0.4, 0.5) is 16.2 Å². The first-order chi connectivity index (χ1) is 16.7. The van der Waals surface area contributed by atoms with Crippen LogP contribution in [-0.4, -0.2) is 46.8 Å². The van der Waals surface area contributed by atoms with Crippen molar-refractivity contribution in [3.05, 3.63) is 71.1 Å². The Morgan fingerprint density at radius 1 is 1.09 bits per heavy atom. The maximum absolute atomic E-state index is 13.1. The van der Waals surface area contributed by atoms with Gasteiger partial charge in [-0.3, -0.25) is 15.0 Å². The Morgan fingerprint density at radius 3 is 2.49 bits per heavy atom. The summed E-state index contributed by atoms with van der Waals surface area (Å²) in [5.74, 6) is -0.274. The fourth-order valence-electron chi connectivity index (χ4n) is 3.94. The van der Waals surface area contributed by atoms with Crippen LogP contribution in [0, 0.1) is 0 Å². The van der Waals surface area contributed by atoms with Gasteiger partial charge in [-0.05, 0) is 74.0 Å². The van der Waals surface area contributed by atoms with Crippen LogP contribution in [0.3, 0.4) is 0 Å². The Kier molecular flexibility index (Phi) is 7.54. The molecule has 1 fully saturated rings. The number of carbonyl (C=O) groups is 2. The highest BCUT2D eigenvalue weighted by Gasteiger charge is 2.21. The van der Waals surface area contributed by atoms with E-state index in [4.69, 9.17) is 4.74 Å². The molecule has 35 heavy (non-hydrogen) atoms. The largest absolute Gasteiger partial charge is 0.444 e. The predicted molar refractivity (Wildman–Crippen MR) is 140 cm³/mol. The second-order valence-electron chi connectivity index (χ2n) is 9.69. The molecule has 1 atom stereocenters. The molecular formula is C27H31N3O4S. The molecule has 2 heterocycles. The van der Waals surface area contributed by atoms with Crippen LogP contribution < -0.4 is 10.6 Å². The molecule has 4 rings (SSSR count). The zero-order valence-corrected chi connectivity index (χ0v) is 21.0. The summed E-state index contributed by atoms with van der Waals surface area (Å²) in [5.41, 5.74) is 2.84. The van der Waals surface area contributed by atoms with Crippen molar-refractivity contribution >= 4 is 34.7 Å². The molecule has 184 valence electrons. The number of likely N-dealkylation sites (tertiary alicyclic amines) is 1. The number of hydrogen-bond acceptors (Lipinski definition) is 6. The number of benzene rings is 2. The van der Waals surface area contributed by atoms with Crippen molar-refractivity contribution in [2.75, 3.05) is 23.7 Å². The number of anilines is 2. The number of nitrogens with zero attached hydrogens (tertiary/aromatic N) is 1. The van der Waals surface area contributed by atoms with Crippen molar-refractivity contribution in [2.45, 2.75) is 45.4 Å². The van der Waals surface area contributed by atoms with Crippen LogP contribution in [-0.2, 0) is 11.3 Å². The topological polar surface area (TPSA) is 90.9 Å². The number of aliphatic hydroxyl groups is 1. The lowest BCUT2D eigenvalue weighted by atomic mass is 10.1. The van der Waals surface area contributed by atoms with E-state index in [-0.39, 0.29) is 12.0 Å². The van der Waals surface area contributed by atoms with E-state index in [1.165, 1.54) is 0 Å². The van der Waals surface area contributed by atoms with Crippen molar-refractivity contribution in [3.8, 4) is 10.4 Å². The zero-order chi connectivity index (χ0) is 25.0. The van der Waals surface area contributed by atoms with Gasteiger partial charge in [-0.15, -0.1) is 11.3 Å². The molecule has 7 nitrogen and oxygen atoms in total. The minimum Gasteiger partial charge on any atom is -0.444 e. The molecule has 0 spiro atoms. The van der Waals surface area contributed by atoms with Gasteiger partial charge in [0.1, 0.15) is 5.60 Å². The minimum absolute atomic E-state index is 0.256. The van der Waals surface area contributed by atoms with Gasteiger partial charge < -0.3 is 15.2 Å². The molecule has 3 aromatic rings.